The summed E-state index contributed by atoms with van der Waals surface area (Å²) in [6.07, 6.45) is 5.86. The molecule has 0 unspecified atom stereocenters. The molecule has 2 aromatic heterocycles. The largest absolute Gasteiger partial charge is 0.357 e. The summed E-state index contributed by atoms with van der Waals surface area (Å²) in [5, 5.41) is 11.6. The number of pyridine rings is 1. The zero-order valence-corrected chi connectivity index (χ0v) is 11.7. The van der Waals surface area contributed by atoms with Crippen LogP contribution < -0.4 is 10.2 Å². The molecular formula is C14H20N6. The predicted octanol–water partition coefficient (Wildman–Crippen LogP) is 0.969. The average Bonchev–Trinajstić information content (AvgIpc) is 2.92. The van der Waals surface area contributed by atoms with Gasteiger partial charge >= 0.3 is 0 Å². The summed E-state index contributed by atoms with van der Waals surface area (Å²) >= 11 is 0. The summed E-state index contributed by atoms with van der Waals surface area (Å²) in [5.74, 6) is 2.07. The standard InChI is InChI=1S/C14H20N6/c1-19-11-17-18-14(19)10-16-12-5-8-20(9-6-12)13-4-2-3-7-15-13/h2-4,7,11-12,16H,5-6,8-10H2,1H3. The maximum absolute atomic E-state index is 4.41. The van der Waals surface area contributed by atoms with Crippen LogP contribution in [0.5, 0.6) is 0 Å². The molecule has 3 heterocycles. The Morgan fingerprint density at radius 1 is 1.30 bits per heavy atom. The van der Waals surface area contributed by atoms with Crippen molar-refractivity contribution in [2.45, 2.75) is 25.4 Å². The average molecular weight is 272 g/mol. The lowest BCUT2D eigenvalue weighted by molar-refractivity contribution is 0.406. The Balaban J connectivity index is 1.48. The number of nitrogens with one attached hydrogen (secondary N) is 1. The van der Waals surface area contributed by atoms with Crippen molar-refractivity contribution < 1.29 is 0 Å². The van der Waals surface area contributed by atoms with Crippen molar-refractivity contribution in [3.05, 3.63) is 36.5 Å². The number of piperidine rings is 1. The van der Waals surface area contributed by atoms with Crippen molar-refractivity contribution >= 4 is 5.82 Å². The summed E-state index contributed by atoms with van der Waals surface area (Å²) in [7, 11) is 1.97. The Bertz CT molecular complexity index is 530. The first-order valence-corrected chi connectivity index (χ1v) is 7.05. The number of rotatable bonds is 4. The van der Waals surface area contributed by atoms with Crippen LogP contribution in [0, 0.1) is 0 Å². The van der Waals surface area contributed by atoms with E-state index in [9.17, 15) is 0 Å². The van der Waals surface area contributed by atoms with Crippen LogP contribution in [0.3, 0.4) is 0 Å². The molecule has 6 nitrogen and oxygen atoms in total. The quantitative estimate of drug-likeness (QED) is 0.898. The van der Waals surface area contributed by atoms with E-state index in [1.165, 1.54) is 0 Å². The lowest BCUT2D eigenvalue weighted by atomic mass is 10.1. The van der Waals surface area contributed by atoms with Crippen LogP contribution >= 0.6 is 0 Å². The molecule has 106 valence electrons. The molecule has 0 spiro atoms. The van der Waals surface area contributed by atoms with Gasteiger partial charge in [-0.15, -0.1) is 10.2 Å². The van der Waals surface area contributed by atoms with Gasteiger partial charge in [-0.25, -0.2) is 4.98 Å². The highest BCUT2D eigenvalue weighted by Gasteiger charge is 2.19. The van der Waals surface area contributed by atoms with Gasteiger partial charge in [-0.3, -0.25) is 0 Å². The van der Waals surface area contributed by atoms with Crippen LogP contribution in [0.1, 0.15) is 18.7 Å². The molecule has 3 rings (SSSR count). The van der Waals surface area contributed by atoms with Crippen molar-refractivity contribution in [1.29, 1.82) is 0 Å². The van der Waals surface area contributed by atoms with Gasteiger partial charge in [0.1, 0.15) is 18.0 Å². The van der Waals surface area contributed by atoms with E-state index in [1.807, 2.05) is 29.9 Å². The highest BCUT2D eigenvalue weighted by Crippen LogP contribution is 2.17. The zero-order chi connectivity index (χ0) is 13.8. The first kappa shape index (κ1) is 13.1. The van der Waals surface area contributed by atoms with Crippen molar-refractivity contribution in [2.24, 2.45) is 7.05 Å². The molecule has 1 aliphatic heterocycles. The molecule has 0 amide bonds. The van der Waals surface area contributed by atoms with Crippen molar-refractivity contribution in [3.63, 3.8) is 0 Å². The molecule has 6 heteroatoms. The third-order valence-corrected chi connectivity index (χ3v) is 3.82. The highest BCUT2D eigenvalue weighted by molar-refractivity contribution is 5.38. The van der Waals surface area contributed by atoms with E-state index in [2.05, 4.69) is 31.5 Å². The highest BCUT2D eigenvalue weighted by atomic mass is 15.3. The van der Waals surface area contributed by atoms with E-state index in [-0.39, 0.29) is 0 Å². The third-order valence-electron chi connectivity index (χ3n) is 3.82. The number of anilines is 1. The van der Waals surface area contributed by atoms with Gasteiger partial charge in [-0.1, -0.05) is 6.07 Å². The second-order valence-corrected chi connectivity index (χ2v) is 5.19. The van der Waals surface area contributed by atoms with Crippen LogP contribution in [0.15, 0.2) is 30.7 Å². The van der Waals surface area contributed by atoms with Crippen LogP contribution in [0.2, 0.25) is 0 Å². The molecule has 0 saturated carbocycles. The molecule has 0 radical (unpaired) electrons. The predicted molar refractivity (Wildman–Crippen MR) is 77.3 cm³/mol. The minimum Gasteiger partial charge on any atom is -0.357 e. The molecule has 1 saturated heterocycles. The first-order chi connectivity index (χ1) is 9.83. The van der Waals surface area contributed by atoms with E-state index >= 15 is 0 Å². The summed E-state index contributed by atoms with van der Waals surface area (Å²) < 4.78 is 1.95. The number of hydrogen-bond donors (Lipinski definition) is 1. The second-order valence-electron chi connectivity index (χ2n) is 5.19. The summed E-state index contributed by atoms with van der Waals surface area (Å²) in [6, 6.07) is 6.62. The SMILES string of the molecule is Cn1cnnc1CNC1CCN(c2ccccn2)CC1. The molecule has 0 aliphatic carbocycles. The smallest absolute Gasteiger partial charge is 0.146 e. The molecule has 0 aromatic carbocycles. The van der Waals surface area contributed by atoms with Crippen molar-refractivity contribution in [1.82, 2.24) is 25.1 Å². The summed E-state index contributed by atoms with van der Waals surface area (Å²) in [6.45, 7) is 2.88. The van der Waals surface area contributed by atoms with E-state index in [0.717, 1.165) is 44.1 Å². The lowest BCUT2D eigenvalue weighted by Crippen LogP contribution is -2.42. The fraction of sp³-hybridized carbons (Fsp3) is 0.500. The third kappa shape index (κ3) is 2.96. The topological polar surface area (TPSA) is 58.9 Å². The molecule has 20 heavy (non-hydrogen) atoms. The van der Waals surface area contributed by atoms with Gasteiger partial charge in [0, 0.05) is 32.4 Å². The molecule has 1 N–H and O–H groups in total. The zero-order valence-electron chi connectivity index (χ0n) is 11.7. The molecule has 0 bridgehead atoms. The van der Waals surface area contributed by atoms with Gasteiger partial charge in [0.25, 0.3) is 0 Å². The fourth-order valence-corrected chi connectivity index (χ4v) is 2.56. The van der Waals surface area contributed by atoms with Gasteiger partial charge in [0.05, 0.1) is 6.54 Å². The Hall–Kier alpha value is -1.95. The second kappa shape index (κ2) is 6.00. The van der Waals surface area contributed by atoms with E-state index < -0.39 is 0 Å². The van der Waals surface area contributed by atoms with Crippen LogP contribution in [-0.2, 0) is 13.6 Å². The molecule has 1 fully saturated rings. The van der Waals surface area contributed by atoms with Crippen LogP contribution in [0.25, 0.3) is 0 Å². The minimum absolute atomic E-state index is 0.548. The molecule has 0 atom stereocenters. The minimum atomic E-state index is 0.548. The van der Waals surface area contributed by atoms with E-state index in [4.69, 9.17) is 0 Å². The Morgan fingerprint density at radius 2 is 2.15 bits per heavy atom. The molecule has 2 aromatic rings. The van der Waals surface area contributed by atoms with Gasteiger partial charge in [0.15, 0.2) is 0 Å². The van der Waals surface area contributed by atoms with Crippen molar-refractivity contribution in [3.8, 4) is 0 Å². The van der Waals surface area contributed by atoms with E-state index in [1.54, 1.807) is 6.33 Å². The summed E-state index contributed by atoms with van der Waals surface area (Å²) in [5.41, 5.74) is 0. The van der Waals surface area contributed by atoms with E-state index in [0.29, 0.717) is 6.04 Å². The van der Waals surface area contributed by atoms with Crippen LogP contribution in [0.4, 0.5) is 5.82 Å². The number of hydrogen-bond acceptors (Lipinski definition) is 5. The monoisotopic (exact) mass is 272 g/mol. The Labute approximate surface area is 118 Å². The van der Waals surface area contributed by atoms with Gasteiger partial charge < -0.3 is 14.8 Å². The normalized spacial score (nSPS) is 16.6. The maximum atomic E-state index is 4.41. The number of nitrogens with zero attached hydrogens (tertiary/aromatic N) is 5. The Kier molecular flexibility index (Phi) is 3.92. The van der Waals surface area contributed by atoms with Crippen LogP contribution in [-0.4, -0.2) is 38.9 Å². The molecule has 1 aliphatic rings. The lowest BCUT2D eigenvalue weighted by Gasteiger charge is -2.33. The first-order valence-electron chi connectivity index (χ1n) is 7.05. The Morgan fingerprint density at radius 3 is 2.80 bits per heavy atom. The number of aromatic nitrogens is 4. The molecular weight excluding hydrogens is 252 g/mol. The van der Waals surface area contributed by atoms with Gasteiger partial charge in [0.2, 0.25) is 0 Å². The maximum Gasteiger partial charge on any atom is 0.146 e. The van der Waals surface area contributed by atoms with Gasteiger partial charge in [-0.2, -0.15) is 0 Å². The summed E-state index contributed by atoms with van der Waals surface area (Å²) in [4.78, 5) is 6.76. The fourth-order valence-electron chi connectivity index (χ4n) is 2.56. The van der Waals surface area contributed by atoms with Crippen molar-refractivity contribution in [2.75, 3.05) is 18.0 Å². The number of aryl methyl sites for hydroxylation is 1. The van der Waals surface area contributed by atoms with Gasteiger partial charge in [-0.05, 0) is 25.0 Å².